The lowest BCUT2D eigenvalue weighted by molar-refractivity contribution is 0.0339. The fourth-order valence-corrected chi connectivity index (χ4v) is 2.81. The second-order valence-corrected chi connectivity index (χ2v) is 6.48. The fourth-order valence-electron chi connectivity index (χ4n) is 2.81. The second-order valence-electron chi connectivity index (χ2n) is 6.48. The molecule has 0 saturated carbocycles. The number of morpholine rings is 1. The predicted octanol–water partition coefficient (Wildman–Crippen LogP) is 2.43. The third-order valence-corrected chi connectivity index (χ3v) is 4.12. The topological polar surface area (TPSA) is 43.0 Å². The zero-order valence-electron chi connectivity index (χ0n) is 15.3. The average molecular weight is 336 g/mol. The Labute approximate surface area is 146 Å². The molecule has 136 valence electrons. The molecule has 0 aromatic heterocycles. The van der Waals surface area contributed by atoms with Crippen molar-refractivity contribution in [1.29, 1.82) is 0 Å². The summed E-state index contributed by atoms with van der Waals surface area (Å²) < 4.78 is 16.5. The van der Waals surface area contributed by atoms with Gasteiger partial charge in [0.2, 0.25) is 0 Å². The van der Waals surface area contributed by atoms with Gasteiger partial charge in [-0.2, -0.15) is 0 Å². The first-order valence-electron chi connectivity index (χ1n) is 8.97. The summed E-state index contributed by atoms with van der Waals surface area (Å²) in [6, 6.07) is 6.47. The van der Waals surface area contributed by atoms with Crippen LogP contribution in [0.5, 0.6) is 5.75 Å². The van der Waals surface area contributed by atoms with Crippen LogP contribution in [-0.4, -0.2) is 57.6 Å². The highest BCUT2D eigenvalue weighted by atomic mass is 16.5. The van der Waals surface area contributed by atoms with Crippen molar-refractivity contribution in [2.24, 2.45) is 0 Å². The molecule has 1 heterocycles. The molecule has 1 aromatic carbocycles. The van der Waals surface area contributed by atoms with Gasteiger partial charge in [-0.15, -0.1) is 0 Å². The van der Waals surface area contributed by atoms with Crippen LogP contribution in [-0.2, 0) is 22.6 Å². The van der Waals surface area contributed by atoms with E-state index in [0.717, 1.165) is 64.7 Å². The summed E-state index contributed by atoms with van der Waals surface area (Å²) >= 11 is 0. The molecule has 0 bridgehead atoms. The van der Waals surface area contributed by atoms with Gasteiger partial charge in [-0.1, -0.05) is 6.07 Å². The van der Waals surface area contributed by atoms with Crippen LogP contribution >= 0.6 is 0 Å². The van der Waals surface area contributed by atoms with Crippen molar-refractivity contribution in [2.45, 2.75) is 39.5 Å². The molecule has 5 nitrogen and oxygen atoms in total. The fraction of sp³-hybridized carbons (Fsp3) is 0.684. The van der Waals surface area contributed by atoms with Crippen LogP contribution in [0.15, 0.2) is 18.2 Å². The SMILES string of the molecule is COc1ccc(CNCCCOC(C)C)cc1CN1CCOCC1. The molecule has 0 unspecified atom stereocenters. The van der Waals surface area contributed by atoms with Crippen molar-refractivity contribution in [3.05, 3.63) is 29.3 Å². The Hall–Kier alpha value is -1.14. The van der Waals surface area contributed by atoms with Gasteiger partial charge in [0.25, 0.3) is 0 Å². The Morgan fingerprint density at radius 3 is 2.75 bits per heavy atom. The van der Waals surface area contributed by atoms with Crippen LogP contribution in [0, 0.1) is 0 Å². The number of ether oxygens (including phenoxy) is 3. The zero-order valence-corrected chi connectivity index (χ0v) is 15.3. The van der Waals surface area contributed by atoms with E-state index in [9.17, 15) is 0 Å². The van der Waals surface area contributed by atoms with E-state index in [1.54, 1.807) is 7.11 Å². The van der Waals surface area contributed by atoms with Gasteiger partial charge in [0.1, 0.15) is 5.75 Å². The monoisotopic (exact) mass is 336 g/mol. The Kier molecular flexibility index (Phi) is 8.53. The minimum absolute atomic E-state index is 0.314. The Bertz CT molecular complexity index is 474. The molecule has 0 amide bonds. The van der Waals surface area contributed by atoms with Crippen LogP contribution in [0.3, 0.4) is 0 Å². The molecule has 1 saturated heterocycles. The molecule has 2 rings (SSSR count). The van der Waals surface area contributed by atoms with E-state index in [-0.39, 0.29) is 0 Å². The molecule has 1 fully saturated rings. The van der Waals surface area contributed by atoms with E-state index < -0.39 is 0 Å². The first kappa shape index (κ1) is 19.2. The van der Waals surface area contributed by atoms with Gasteiger partial charge in [0, 0.05) is 38.3 Å². The number of methoxy groups -OCH3 is 1. The average Bonchev–Trinajstić information content (AvgIpc) is 2.59. The van der Waals surface area contributed by atoms with Crippen molar-refractivity contribution in [2.75, 3.05) is 46.6 Å². The lowest BCUT2D eigenvalue weighted by atomic mass is 10.1. The molecule has 1 aliphatic rings. The van der Waals surface area contributed by atoms with E-state index in [4.69, 9.17) is 14.2 Å². The molecular weight excluding hydrogens is 304 g/mol. The summed E-state index contributed by atoms with van der Waals surface area (Å²) in [6.07, 6.45) is 1.35. The summed E-state index contributed by atoms with van der Waals surface area (Å²) in [5.41, 5.74) is 2.55. The maximum atomic E-state index is 5.56. The van der Waals surface area contributed by atoms with E-state index in [2.05, 4.69) is 42.3 Å². The second kappa shape index (κ2) is 10.7. The normalized spacial score (nSPS) is 15.8. The molecule has 5 heteroatoms. The number of rotatable bonds is 10. The van der Waals surface area contributed by atoms with Crippen molar-refractivity contribution in [3.8, 4) is 5.75 Å². The lowest BCUT2D eigenvalue weighted by Crippen LogP contribution is -2.35. The van der Waals surface area contributed by atoms with Crippen molar-refractivity contribution in [1.82, 2.24) is 10.2 Å². The van der Waals surface area contributed by atoms with Gasteiger partial charge in [0.05, 0.1) is 26.4 Å². The van der Waals surface area contributed by atoms with Gasteiger partial charge >= 0.3 is 0 Å². The van der Waals surface area contributed by atoms with Gasteiger partial charge < -0.3 is 19.5 Å². The Morgan fingerprint density at radius 1 is 1.25 bits per heavy atom. The van der Waals surface area contributed by atoms with Crippen LogP contribution < -0.4 is 10.1 Å². The minimum Gasteiger partial charge on any atom is -0.496 e. The summed E-state index contributed by atoms with van der Waals surface area (Å²) in [6.45, 7) is 11.3. The highest BCUT2D eigenvalue weighted by Gasteiger charge is 2.13. The first-order valence-corrected chi connectivity index (χ1v) is 8.97. The number of nitrogens with zero attached hydrogens (tertiary/aromatic N) is 1. The zero-order chi connectivity index (χ0) is 17.2. The molecule has 24 heavy (non-hydrogen) atoms. The molecule has 1 aliphatic heterocycles. The van der Waals surface area contributed by atoms with Gasteiger partial charge in [-0.3, -0.25) is 4.90 Å². The molecule has 1 aromatic rings. The molecule has 0 atom stereocenters. The lowest BCUT2D eigenvalue weighted by Gasteiger charge is -2.27. The smallest absolute Gasteiger partial charge is 0.123 e. The van der Waals surface area contributed by atoms with Crippen LogP contribution in [0.1, 0.15) is 31.4 Å². The standard InChI is InChI=1S/C19H32N2O3/c1-16(2)24-10-4-7-20-14-17-5-6-19(22-3)18(13-17)15-21-8-11-23-12-9-21/h5-6,13,16,20H,4,7-12,14-15H2,1-3H3. The quantitative estimate of drug-likeness (QED) is 0.665. The highest BCUT2D eigenvalue weighted by Crippen LogP contribution is 2.22. The highest BCUT2D eigenvalue weighted by molar-refractivity contribution is 5.37. The third-order valence-electron chi connectivity index (χ3n) is 4.12. The van der Waals surface area contributed by atoms with E-state index in [0.29, 0.717) is 6.10 Å². The molecule has 0 spiro atoms. The maximum absolute atomic E-state index is 5.56. The first-order chi connectivity index (χ1) is 11.7. The molecule has 1 N–H and O–H groups in total. The van der Waals surface area contributed by atoms with Crippen LogP contribution in [0.2, 0.25) is 0 Å². The summed E-state index contributed by atoms with van der Waals surface area (Å²) in [7, 11) is 1.74. The van der Waals surface area contributed by atoms with Gasteiger partial charge in [0.15, 0.2) is 0 Å². The summed E-state index contributed by atoms with van der Waals surface area (Å²) in [5.74, 6) is 0.968. The molecule has 0 radical (unpaired) electrons. The largest absolute Gasteiger partial charge is 0.496 e. The molecule has 0 aliphatic carbocycles. The summed E-state index contributed by atoms with van der Waals surface area (Å²) in [5, 5.41) is 3.49. The van der Waals surface area contributed by atoms with E-state index in [1.165, 1.54) is 11.1 Å². The van der Waals surface area contributed by atoms with Gasteiger partial charge in [-0.25, -0.2) is 0 Å². The van der Waals surface area contributed by atoms with E-state index >= 15 is 0 Å². The third kappa shape index (κ3) is 6.77. The van der Waals surface area contributed by atoms with Gasteiger partial charge in [-0.05, 0) is 44.5 Å². The maximum Gasteiger partial charge on any atom is 0.123 e. The van der Waals surface area contributed by atoms with Crippen molar-refractivity contribution >= 4 is 0 Å². The molecular formula is C19H32N2O3. The number of hydrogen-bond acceptors (Lipinski definition) is 5. The predicted molar refractivity (Wildman–Crippen MR) is 96.5 cm³/mol. The van der Waals surface area contributed by atoms with Crippen molar-refractivity contribution in [3.63, 3.8) is 0 Å². The minimum atomic E-state index is 0.314. The summed E-state index contributed by atoms with van der Waals surface area (Å²) in [4.78, 5) is 2.42. The Morgan fingerprint density at radius 2 is 2.04 bits per heavy atom. The number of hydrogen-bond donors (Lipinski definition) is 1. The Balaban J connectivity index is 1.81. The van der Waals surface area contributed by atoms with Crippen LogP contribution in [0.25, 0.3) is 0 Å². The van der Waals surface area contributed by atoms with Crippen molar-refractivity contribution < 1.29 is 14.2 Å². The van der Waals surface area contributed by atoms with Crippen LogP contribution in [0.4, 0.5) is 0 Å². The number of benzene rings is 1. The number of nitrogens with one attached hydrogen (secondary N) is 1. The van der Waals surface area contributed by atoms with E-state index in [1.807, 2.05) is 0 Å².